The van der Waals surface area contributed by atoms with Gasteiger partial charge in [-0.2, -0.15) is 0 Å². The maximum atomic E-state index is 10.9. The average Bonchev–Trinajstić information content (AvgIpc) is 2.47. The number of anilines is 1. The van der Waals surface area contributed by atoms with Crippen molar-refractivity contribution in [2.75, 3.05) is 19.0 Å². The second-order valence-corrected chi connectivity index (χ2v) is 7.75. The third-order valence-electron chi connectivity index (χ3n) is 3.54. The standard InChI is InChI=1S/C16H23Cl2N3O3S/c1-16(2,3)12(20-15(22)23)5-6-19-14(25)21-13-10(18)7-9(17)8-11(13)24-4/h7-8,12,20H,5-6H2,1-4H3,(H,22,23)(H2,19,21,25). The maximum absolute atomic E-state index is 10.9. The molecule has 4 N–H and O–H groups in total. The van der Waals surface area contributed by atoms with Crippen molar-refractivity contribution in [3.8, 4) is 5.75 Å². The Balaban J connectivity index is 2.65. The van der Waals surface area contributed by atoms with E-state index >= 15 is 0 Å². The molecule has 1 atom stereocenters. The van der Waals surface area contributed by atoms with Crippen LogP contribution < -0.4 is 20.7 Å². The van der Waals surface area contributed by atoms with E-state index in [9.17, 15) is 4.79 Å². The van der Waals surface area contributed by atoms with E-state index in [1.807, 2.05) is 20.8 Å². The molecule has 9 heteroatoms. The van der Waals surface area contributed by atoms with E-state index in [4.69, 9.17) is 45.3 Å². The van der Waals surface area contributed by atoms with Gasteiger partial charge >= 0.3 is 6.09 Å². The molecule has 0 fully saturated rings. The topological polar surface area (TPSA) is 82.6 Å². The number of hydrogen-bond acceptors (Lipinski definition) is 3. The number of nitrogens with one attached hydrogen (secondary N) is 3. The summed E-state index contributed by atoms with van der Waals surface area (Å²) < 4.78 is 5.24. The first-order valence-corrected chi connectivity index (χ1v) is 8.78. The third-order valence-corrected chi connectivity index (χ3v) is 4.30. The Morgan fingerprint density at radius 3 is 2.52 bits per heavy atom. The largest absolute Gasteiger partial charge is 0.494 e. The second kappa shape index (κ2) is 9.31. The van der Waals surface area contributed by atoms with Gasteiger partial charge in [0.05, 0.1) is 12.1 Å². The lowest BCUT2D eigenvalue weighted by Crippen LogP contribution is -2.45. The smallest absolute Gasteiger partial charge is 0.404 e. The minimum Gasteiger partial charge on any atom is -0.494 e. The van der Waals surface area contributed by atoms with Crippen molar-refractivity contribution in [1.29, 1.82) is 0 Å². The first-order valence-electron chi connectivity index (χ1n) is 7.62. The van der Waals surface area contributed by atoms with E-state index in [1.165, 1.54) is 7.11 Å². The normalized spacial score (nSPS) is 12.2. The van der Waals surface area contributed by atoms with Gasteiger partial charge in [0.1, 0.15) is 11.4 Å². The van der Waals surface area contributed by atoms with Crippen LogP contribution in [-0.4, -0.2) is 36.0 Å². The number of halogens is 2. The third kappa shape index (κ3) is 7.13. The number of carbonyl (C=O) groups is 1. The number of rotatable bonds is 6. The van der Waals surface area contributed by atoms with E-state index in [0.29, 0.717) is 39.6 Å². The minimum absolute atomic E-state index is 0.210. The summed E-state index contributed by atoms with van der Waals surface area (Å²) in [6.07, 6.45) is -0.471. The van der Waals surface area contributed by atoms with Gasteiger partial charge in [0.25, 0.3) is 0 Å². The summed E-state index contributed by atoms with van der Waals surface area (Å²) in [7, 11) is 1.51. The van der Waals surface area contributed by atoms with Gasteiger partial charge in [-0.1, -0.05) is 44.0 Å². The van der Waals surface area contributed by atoms with Gasteiger partial charge in [0.2, 0.25) is 0 Å². The SMILES string of the molecule is COc1cc(Cl)cc(Cl)c1NC(=S)NCCC(NC(=O)O)C(C)(C)C. The van der Waals surface area contributed by atoms with Crippen LogP contribution in [0.15, 0.2) is 12.1 Å². The van der Waals surface area contributed by atoms with Crippen molar-refractivity contribution in [3.05, 3.63) is 22.2 Å². The predicted molar refractivity (Wildman–Crippen MR) is 106 cm³/mol. The Bertz CT molecular complexity index is 636. The van der Waals surface area contributed by atoms with Crippen molar-refractivity contribution in [1.82, 2.24) is 10.6 Å². The fourth-order valence-electron chi connectivity index (χ4n) is 2.19. The number of benzene rings is 1. The van der Waals surface area contributed by atoms with Crippen LogP contribution in [0.4, 0.5) is 10.5 Å². The molecule has 1 rings (SSSR count). The Kier molecular flexibility index (Phi) is 8.05. The summed E-state index contributed by atoms with van der Waals surface area (Å²) in [4.78, 5) is 10.9. The lowest BCUT2D eigenvalue weighted by Gasteiger charge is -2.30. The Morgan fingerprint density at radius 2 is 2.00 bits per heavy atom. The molecule has 140 valence electrons. The monoisotopic (exact) mass is 407 g/mol. The van der Waals surface area contributed by atoms with Crippen molar-refractivity contribution in [2.45, 2.75) is 33.2 Å². The van der Waals surface area contributed by atoms with Gasteiger partial charge in [0.15, 0.2) is 5.11 Å². The molecule has 0 aliphatic rings. The zero-order valence-corrected chi connectivity index (χ0v) is 16.9. The first kappa shape index (κ1) is 21.6. The van der Waals surface area contributed by atoms with E-state index < -0.39 is 6.09 Å². The molecule has 25 heavy (non-hydrogen) atoms. The number of hydrogen-bond donors (Lipinski definition) is 4. The Labute approximate surface area is 163 Å². The lowest BCUT2D eigenvalue weighted by molar-refractivity contribution is 0.172. The van der Waals surface area contributed by atoms with Crippen molar-refractivity contribution in [2.24, 2.45) is 5.41 Å². The average molecular weight is 408 g/mol. The van der Waals surface area contributed by atoms with Crippen LogP contribution in [0, 0.1) is 5.41 Å². The fourth-order valence-corrected chi connectivity index (χ4v) is 2.92. The van der Waals surface area contributed by atoms with Crippen molar-refractivity contribution >= 4 is 52.3 Å². The highest BCUT2D eigenvalue weighted by Crippen LogP contribution is 2.35. The Morgan fingerprint density at radius 1 is 1.36 bits per heavy atom. The zero-order chi connectivity index (χ0) is 19.2. The molecule has 0 heterocycles. The Hall–Kier alpha value is -1.44. The van der Waals surface area contributed by atoms with E-state index in [0.717, 1.165) is 0 Å². The molecule has 6 nitrogen and oxygen atoms in total. The van der Waals surface area contributed by atoms with Gasteiger partial charge in [-0.3, -0.25) is 0 Å². The van der Waals surface area contributed by atoms with Crippen LogP contribution >= 0.6 is 35.4 Å². The number of amides is 1. The quantitative estimate of drug-likeness (QED) is 0.524. The second-order valence-electron chi connectivity index (χ2n) is 6.50. The van der Waals surface area contributed by atoms with Gasteiger partial charge in [-0.15, -0.1) is 0 Å². The molecule has 0 spiro atoms. The summed E-state index contributed by atoms with van der Waals surface area (Å²) >= 11 is 17.4. The summed E-state index contributed by atoms with van der Waals surface area (Å²) in [5, 5.41) is 18.7. The van der Waals surface area contributed by atoms with Gasteiger partial charge in [-0.05, 0) is 30.1 Å². The van der Waals surface area contributed by atoms with Crippen molar-refractivity contribution in [3.63, 3.8) is 0 Å². The maximum Gasteiger partial charge on any atom is 0.404 e. The van der Waals surface area contributed by atoms with Gasteiger partial charge < -0.3 is 25.8 Å². The molecule has 1 amide bonds. The molecule has 0 aromatic heterocycles. The number of carboxylic acid groups (broad SMARTS) is 1. The lowest BCUT2D eigenvalue weighted by atomic mass is 9.85. The zero-order valence-electron chi connectivity index (χ0n) is 14.6. The van der Waals surface area contributed by atoms with Crippen LogP contribution in [0.5, 0.6) is 5.75 Å². The van der Waals surface area contributed by atoms with E-state index in [-0.39, 0.29) is 11.5 Å². The highest BCUT2D eigenvalue weighted by Gasteiger charge is 2.25. The van der Waals surface area contributed by atoms with Crippen LogP contribution in [0.25, 0.3) is 0 Å². The molecule has 0 bridgehead atoms. The number of ether oxygens (including phenoxy) is 1. The number of thiocarbonyl (C=S) groups is 1. The highest BCUT2D eigenvalue weighted by molar-refractivity contribution is 7.80. The van der Waals surface area contributed by atoms with Crippen LogP contribution in [-0.2, 0) is 0 Å². The molecule has 1 aromatic carbocycles. The molecule has 0 saturated heterocycles. The fraction of sp³-hybridized carbons (Fsp3) is 0.500. The van der Waals surface area contributed by atoms with Gasteiger partial charge in [-0.25, -0.2) is 4.79 Å². The molecule has 0 radical (unpaired) electrons. The highest BCUT2D eigenvalue weighted by atomic mass is 35.5. The number of methoxy groups -OCH3 is 1. The summed E-state index contributed by atoms with van der Waals surface area (Å²) in [5.74, 6) is 0.474. The summed E-state index contributed by atoms with van der Waals surface area (Å²) in [6.45, 7) is 6.41. The molecule has 1 aromatic rings. The predicted octanol–water partition coefficient (Wildman–Crippen LogP) is 4.36. The minimum atomic E-state index is -1.04. The molecular weight excluding hydrogens is 385 g/mol. The van der Waals surface area contributed by atoms with Crippen LogP contribution in [0.1, 0.15) is 27.2 Å². The van der Waals surface area contributed by atoms with Gasteiger partial charge in [0, 0.05) is 23.7 Å². The van der Waals surface area contributed by atoms with E-state index in [2.05, 4.69) is 16.0 Å². The first-order chi connectivity index (χ1) is 11.5. The van der Waals surface area contributed by atoms with Crippen LogP contribution in [0.3, 0.4) is 0 Å². The summed E-state index contributed by atoms with van der Waals surface area (Å²) in [6, 6.07) is 3.00. The summed E-state index contributed by atoms with van der Waals surface area (Å²) in [5.41, 5.74) is 0.305. The molecule has 1 unspecified atom stereocenters. The molecule has 0 aliphatic heterocycles. The molecule has 0 aliphatic carbocycles. The molecule has 0 saturated carbocycles. The van der Waals surface area contributed by atoms with E-state index in [1.54, 1.807) is 12.1 Å². The molecular formula is C16H23Cl2N3O3S. The van der Waals surface area contributed by atoms with Crippen molar-refractivity contribution < 1.29 is 14.6 Å². The van der Waals surface area contributed by atoms with Crippen LogP contribution in [0.2, 0.25) is 10.0 Å².